The van der Waals surface area contributed by atoms with Crippen LogP contribution in [0.4, 0.5) is 11.5 Å². The molecule has 0 radical (unpaired) electrons. The maximum Gasteiger partial charge on any atom is 0.263 e. The Morgan fingerprint density at radius 1 is 1.18 bits per heavy atom. The minimum atomic E-state index is -0.177. The summed E-state index contributed by atoms with van der Waals surface area (Å²) in [6.45, 7) is 0. The lowest BCUT2D eigenvalue weighted by Gasteiger charge is -2.22. The van der Waals surface area contributed by atoms with Crippen LogP contribution in [0.25, 0.3) is 21.3 Å². The second kappa shape index (κ2) is 7.49. The predicted octanol–water partition coefficient (Wildman–Crippen LogP) is 4.06. The molecule has 142 valence electrons. The van der Waals surface area contributed by atoms with E-state index in [0.29, 0.717) is 26.3 Å². The largest absolute Gasteiger partial charge is 0.397 e. The highest BCUT2D eigenvalue weighted by atomic mass is 32.1. The molecule has 1 fully saturated rings. The lowest BCUT2D eigenvalue weighted by Crippen LogP contribution is -2.36. The molecule has 1 amide bonds. The Morgan fingerprint density at radius 2 is 1.89 bits per heavy atom. The van der Waals surface area contributed by atoms with Crippen molar-refractivity contribution in [2.45, 2.75) is 38.1 Å². The van der Waals surface area contributed by atoms with E-state index in [1.54, 1.807) is 0 Å². The van der Waals surface area contributed by atoms with Crippen molar-refractivity contribution < 1.29 is 4.79 Å². The number of thiophene rings is 1. The highest BCUT2D eigenvalue weighted by molar-refractivity contribution is 7.21. The summed E-state index contributed by atoms with van der Waals surface area (Å²) in [7, 11) is 0. The molecule has 0 spiro atoms. The van der Waals surface area contributed by atoms with E-state index in [2.05, 4.69) is 16.4 Å². The molecule has 0 unspecified atom stereocenters. The Morgan fingerprint density at radius 3 is 2.57 bits per heavy atom. The molecule has 1 aliphatic rings. The number of amides is 1. The van der Waals surface area contributed by atoms with Crippen molar-refractivity contribution in [1.29, 1.82) is 5.26 Å². The van der Waals surface area contributed by atoms with Gasteiger partial charge in [-0.25, -0.2) is 4.98 Å². The lowest BCUT2D eigenvalue weighted by atomic mass is 9.95. The van der Waals surface area contributed by atoms with Crippen LogP contribution in [0.3, 0.4) is 0 Å². The van der Waals surface area contributed by atoms with Crippen molar-refractivity contribution in [3.8, 4) is 17.2 Å². The monoisotopic (exact) mass is 391 g/mol. The summed E-state index contributed by atoms with van der Waals surface area (Å²) in [6, 6.07) is 11.8. The number of nitriles is 1. The van der Waals surface area contributed by atoms with E-state index >= 15 is 0 Å². The van der Waals surface area contributed by atoms with E-state index in [1.807, 2.05) is 30.3 Å². The average Bonchev–Trinajstić information content (AvgIpc) is 3.04. The molecule has 5 N–H and O–H groups in total. The van der Waals surface area contributed by atoms with Gasteiger partial charge in [0.15, 0.2) is 0 Å². The van der Waals surface area contributed by atoms with Crippen molar-refractivity contribution in [3.63, 3.8) is 0 Å². The Labute approximate surface area is 167 Å². The molecule has 0 atom stereocenters. The standard InChI is InChI=1S/C21H21N5OS/c22-11-14-15(12-7-3-1-4-8-12)16-17(23)18(28-21(16)26-19(14)24)20(27)25-13-9-5-2-6-10-13/h1,3-4,7-8,13H,2,5-6,9-10,23H2,(H2,24,26)(H,25,27). The predicted molar refractivity (Wildman–Crippen MR) is 113 cm³/mol. The number of nitrogens with one attached hydrogen (secondary N) is 1. The van der Waals surface area contributed by atoms with Gasteiger partial charge in [-0.3, -0.25) is 4.79 Å². The van der Waals surface area contributed by atoms with Crippen molar-refractivity contribution in [3.05, 3.63) is 40.8 Å². The van der Waals surface area contributed by atoms with Crippen molar-refractivity contribution >= 4 is 39.0 Å². The molecule has 1 aromatic carbocycles. The minimum Gasteiger partial charge on any atom is -0.397 e. The quantitative estimate of drug-likeness (QED) is 0.622. The van der Waals surface area contributed by atoms with E-state index in [-0.39, 0.29) is 23.3 Å². The number of hydrogen-bond donors (Lipinski definition) is 3. The summed E-state index contributed by atoms with van der Waals surface area (Å²) in [4.78, 5) is 18.2. The molecule has 2 aromatic heterocycles. The first kappa shape index (κ1) is 18.3. The van der Waals surface area contributed by atoms with E-state index in [1.165, 1.54) is 17.8 Å². The smallest absolute Gasteiger partial charge is 0.263 e. The number of carbonyl (C=O) groups excluding carboxylic acids is 1. The Bertz CT molecular complexity index is 1080. The number of hydrogen-bond acceptors (Lipinski definition) is 6. The number of carbonyl (C=O) groups is 1. The van der Waals surface area contributed by atoms with Crippen LogP contribution < -0.4 is 16.8 Å². The molecule has 28 heavy (non-hydrogen) atoms. The number of rotatable bonds is 3. The van der Waals surface area contributed by atoms with E-state index in [4.69, 9.17) is 11.5 Å². The van der Waals surface area contributed by atoms with E-state index in [9.17, 15) is 10.1 Å². The van der Waals surface area contributed by atoms with Crippen LogP contribution in [0.2, 0.25) is 0 Å². The molecular formula is C21H21N5OS. The zero-order valence-corrected chi connectivity index (χ0v) is 16.2. The highest BCUT2D eigenvalue weighted by Crippen LogP contribution is 2.42. The Kier molecular flexibility index (Phi) is 4.88. The number of benzene rings is 1. The number of nitrogen functional groups attached to an aromatic ring is 2. The molecule has 4 rings (SSSR count). The molecular weight excluding hydrogens is 370 g/mol. The van der Waals surface area contributed by atoms with Crippen molar-refractivity contribution in [2.24, 2.45) is 0 Å². The lowest BCUT2D eigenvalue weighted by molar-refractivity contribution is 0.0932. The number of nitrogens with zero attached hydrogens (tertiary/aromatic N) is 2. The van der Waals surface area contributed by atoms with E-state index in [0.717, 1.165) is 31.2 Å². The van der Waals surface area contributed by atoms with Crippen LogP contribution in [-0.2, 0) is 0 Å². The van der Waals surface area contributed by atoms with Crippen LogP contribution >= 0.6 is 11.3 Å². The SMILES string of the molecule is N#Cc1c(N)nc2sc(C(=O)NC3CCCCC3)c(N)c2c1-c1ccccc1. The Hall–Kier alpha value is -3.11. The van der Waals surface area contributed by atoms with Crippen LogP contribution in [0.1, 0.15) is 47.3 Å². The van der Waals surface area contributed by atoms with Gasteiger partial charge >= 0.3 is 0 Å². The zero-order chi connectivity index (χ0) is 19.7. The summed E-state index contributed by atoms with van der Waals surface area (Å²) >= 11 is 1.23. The third-order valence-electron chi connectivity index (χ3n) is 5.23. The third kappa shape index (κ3) is 3.16. The van der Waals surface area contributed by atoms with Crippen LogP contribution in [0, 0.1) is 11.3 Å². The fraction of sp³-hybridized carbons (Fsp3) is 0.286. The number of aromatic nitrogens is 1. The molecule has 0 bridgehead atoms. The molecule has 1 saturated carbocycles. The fourth-order valence-electron chi connectivity index (χ4n) is 3.84. The van der Waals surface area contributed by atoms with Gasteiger partial charge in [0.1, 0.15) is 27.2 Å². The van der Waals surface area contributed by atoms with Gasteiger partial charge in [-0.15, -0.1) is 11.3 Å². The molecule has 6 nitrogen and oxygen atoms in total. The summed E-state index contributed by atoms with van der Waals surface area (Å²) < 4.78 is 0. The summed E-state index contributed by atoms with van der Waals surface area (Å²) in [6.07, 6.45) is 5.48. The van der Waals surface area contributed by atoms with Crippen molar-refractivity contribution in [1.82, 2.24) is 10.3 Å². The minimum absolute atomic E-state index is 0.148. The van der Waals surface area contributed by atoms with Gasteiger partial charge in [-0.1, -0.05) is 49.6 Å². The number of nitrogens with two attached hydrogens (primary N) is 2. The van der Waals surface area contributed by atoms with Gasteiger partial charge in [-0.2, -0.15) is 5.26 Å². The van der Waals surface area contributed by atoms with Crippen LogP contribution in [0.15, 0.2) is 30.3 Å². The summed E-state index contributed by atoms with van der Waals surface area (Å²) in [5.41, 5.74) is 14.6. The van der Waals surface area contributed by atoms with Crippen LogP contribution in [-0.4, -0.2) is 16.9 Å². The van der Waals surface area contributed by atoms with Crippen molar-refractivity contribution in [2.75, 3.05) is 11.5 Å². The second-order valence-corrected chi connectivity index (χ2v) is 8.06. The first-order valence-corrected chi connectivity index (χ1v) is 10.2. The zero-order valence-electron chi connectivity index (χ0n) is 15.4. The topological polar surface area (TPSA) is 118 Å². The molecule has 1 aliphatic carbocycles. The average molecular weight is 392 g/mol. The number of fused-ring (bicyclic) bond motifs is 1. The molecule has 0 aliphatic heterocycles. The van der Waals surface area contributed by atoms with Gasteiger partial charge < -0.3 is 16.8 Å². The Balaban J connectivity index is 1.84. The van der Waals surface area contributed by atoms with Gasteiger partial charge in [-0.05, 0) is 18.4 Å². The maximum absolute atomic E-state index is 12.9. The van der Waals surface area contributed by atoms with Gasteiger partial charge in [0, 0.05) is 17.0 Å². The highest BCUT2D eigenvalue weighted by Gasteiger charge is 2.25. The molecule has 7 heteroatoms. The summed E-state index contributed by atoms with van der Waals surface area (Å²) in [5, 5.41) is 13.4. The third-order valence-corrected chi connectivity index (χ3v) is 6.32. The van der Waals surface area contributed by atoms with Gasteiger partial charge in [0.2, 0.25) is 0 Å². The number of anilines is 2. The summed E-state index contributed by atoms with van der Waals surface area (Å²) in [5.74, 6) is -0.0298. The maximum atomic E-state index is 12.9. The molecule has 3 aromatic rings. The van der Waals surface area contributed by atoms with Gasteiger partial charge in [0.05, 0.1) is 5.69 Å². The molecule has 0 saturated heterocycles. The van der Waals surface area contributed by atoms with E-state index < -0.39 is 0 Å². The number of pyridine rings is 1. The first-order valence-electron chi connectivity index (χ1n) is 9.38. The fourth-order valence-corrected chi connectivity index (χ4v) is 4.86. The molecule has 2 heterocycles. The first-order chi connectivity index (χ1) is 13.6. The van der Waals surface area contributed by atoms with Crippen LogP contribution in [0.5, 0.6) is 0 Å². The normalized spacial score (nSPS) is 14.7. The van der Waals surface area contributed by atoms with Gasteiger partial charge in [0.25, 0.3) is 5.91 Å². The second-order valence-electron chi connectivity index (χ2n) is 7.06.